The first-order valence-electron chi connectivity index (χ1n) is 17.5. The van der Waals surface area contributed by atoms with Gasteiger partial charge >= 0.3 is 0 Å². The van der Waals surface area contributed by atoms with E-state index < -0.39 is 35.0 Å². The molecule has 2 nitrogen and oxygen atoms in total. The maximum Gasteiger partial charge on any atom is 0.280 e. The number of ether oxygens (including phenoxy) is 1. The summed E-state index contributed by atoms with van der Waals surface area (Å²) in [5.74, 6) is -6.68. The monoisotopic (exact) mass is 621 g/mol. The number of halogens is 5. The molecule has 2 aliphatic carbocycles. The van der Waals surface area contributed by atoms with Gasteiger partial charge in [0.15, 0.2) is 11.6 Å². The van der Waals surface area contributed by atoms with Gasteiger partial charge in [-0.2, -0.15) is 4.39 Å². The van der Waals surface area contributed by atoms with Crippen LogP contribution in [0.5, 0.6) is 0 Å². The number of benzene rings is 1. The largest absolute Gasteiger partial charge is 0.381 e. The maximum absolute atomic E-state index is 15.4. The molecule has 0 amide bonds. The molecule has 0 N–H and O–H groups in total. The highest BCUT2D eigenvalue weighted by molar-refractivity contribution is 5.62. The van der Waals surface area contributed by atoms with Gasteiger partial charge in [0.25, 0.3) is 5.92 Å². The van der Waals surface area contributed by atoms with Gasteiger partial charge in [-0.15, -0.1) is 0 Å². The number of rotatable bonds is 21. The van der Waals surface area contributed by atoms with E-state index in [4.69, 9.17) is 4.74 Å². The van der Waals surface area contributed by atoms with Crippen molar-refractivity contribution in [2.45, 2.75) is 141 Å². The van der Waals surface area contributed by atoms with Crippen molar-refractivity contribution in [3.63, 3.8) is 0 Å². The predicted molar refractivity (Wildman–Crippen MR) is 167 cm³/mol. The predicted octanol–water partition coefficient (Wildman–Crippen LogP) is 11.7. The molecule has 2 aromatic rings. The minimum Gasteiger partial charge on any atom is -0.381 e. The molecule has 44 heavy (non-hydrogen) atoms. The van der Waals surface area contributed by atoms with Gasteiger partial charge in [-0.1, -0.05) is 96.5 Å². The lowest BCUT2D eigenvalue weighted by atomic mass is 9.78. The van der Waals surface area contributed by atoms with Gasteiger partial charge < -0.3 is 4.74 Å². The van der Waals surface area contributed by atoms with Gasteiger partial charge in [0.1, 0.15) is 0 Å². The lowest BCUT2D eigenvalue weighted by Crippen LogP contribution is -2.33. The Balaban J connectivity index is 1.26. The molecule has 1 atom stereocenters. The Morgan fingerprint density at radius 2 is 1.43 bits per heavy atom. The van der Waals surface area contributed by atoms with E-state index in [0.717, 1.165) is 63.9 Å². The zero-order chi connectivity index (χ0) is 31.4. The third-order valence-electron chi connectivity index (χ3n) is 9.59. The van der Waals surface area contributed by atoms with Gasteiger partial charge in [0.05, 0.1) is 11.3 Å². The van der Waals surface area contributed by atoms with E-state index in [1.807, 2.05) is 0 Å². The fourth-order valence-electron chi connectivity index (χ4n) is 6.64. The van der Waals surface area contributed by atoms with Crippen molar-refractivity contribution in [1.29, 1.82) is 0 Å². The Hall–Kier alpha value is -2.02. The molecule has 0 aliphatic heterocycles. The van der Waals surface area contributed by atoms with Crippen LogP contribution in [0.2, 0.25) is 0 Å². The fraction of sp³-hybridized carbons (Fsp3) is 0.703. The van der Waals surface area contributed by atoms with E-state index in [-0.39, 0.29) is 35.2 Å². The van der Waals surface area contributed by atoms with Crippen molar-refractivity contribution in [2.75, 3.05) is 13.2 Å². The molecular weight excluding hydrogens is 569 g/mol. The summed E-state index contributed by atoms with van der Waals surface area (Å²) in [4.78, 5) is 3.73. The van der Waals surface area contributed by atoms with E-state index in [1.54, 1.807) is 0 Å². The van der Waals surface area contributed by atoms with Crippen LogP contribution in [0.4, 0.5) is 22.0 Å². The van der Waals surface area contributed by atoms with Crippen LogP contribution in [0.1, 0.15) is 139 Å². The Kier molecular flexibility index (Phi) is 14.0. The molecular formula is C37H52F5NO. The normalized spacial score (nSPS) is 17.6. The van der Waals surface area contributed by atoms with Gasteiger partial charge in [-0.05, 0) is 74.1 Å². The van der Waals surface area contributed by atoms with Gasteiger partial charge in [-0.3, -0.25) is 0 Å². The summed E-state index contributed by atoms with van der Waals surface area (Å²) in [5, 5.41) is 0. The number of hydrogen-bond donors (Lipinski definition) is 0. The number of hydrogen-bond acceptors (Lipinski definition) is 2. The Morgan fingerprint density at radius 3 is 2.16 bits per heavy atom. The molecule has 0 spiro atoms. The van der Waals surface area contributed by atoms with Crippen molar-refractivity contribution in [3.05, 3.63) is 52.5 Å². The SMILES string of the molecule is CCCCCOCCCCCC1CCc2cc(-c3ccc(CCCCCCCCCC4CC4)c(F)c3F)nc(F)c2C1(F)F. The van der Waals surface area contributed by atoms with E-state index in [0.29, 0.717) is 25.9 Å². The summed E-state index contributed by atoms with van der Waals surface area (Å²) in [6.45, 7) is 3.51. The summed E-state index contributed by atoms with van der Waals surface area (Å²) >= 11 is 0. The van der Waals surface area contributed by atoms with Crippen LogP contribution >= 0.6 is 0 Å². The van der Waals surface area contributed by atoms with Crippen molar-refractivity contribution in [2.24, 2.45) is 11.8 Å². The molecule has 1 heterocycles. The number of fused-ring (bicyclic) bond motifs is 1. The Morgan fingerprint density at radius 1 is 0.773 bits per heavy atom. The topological polar surface area (TPSA) is 22.1 Å². The number of aryl methyl sites for hydroxylation is 2. The van der Waals surface area contributed by atoms with Gasteiger partial charge in [-0.25, -0.2) is 22.5 Å². The van der Waals surface area contributed by atoms with Crippen molar-refractivity contribution >= 4 is 0 Å². The molecule has 0 bridgehead atoms. The van der Waals surface area contributed by atoms with Crippen molar-refractivity contribution in [3.8, 4) is 11.3 Å². The van der Waals surface area contributed by atoms with Gasteiger partial charge in [0.2, 0.25) is 5.95 Å². The van der Waals surface area contributed by atoms with Crippen LogP contribution in [0.3, 0.4) is 0 Å². The Bertz CT molecular complexity index is 1170. The molecule has 246 valence electrons. The molecule has 1 unspecified atom stereocenters. The average molecular weight is 622 g/mol. The number of alkyl halides is 2. The van der Waals surface area contributed by atoms with Crippen molar-refractivity contribution < 1.29 is 26.7 Å². The third kappa shape index (κ3) is 9.99. The summed E-state index contributed by atoms with van der Waals surface area (Å²) < 4.78 is 81.8. The first kappa shape index (κ1) is 34.8. The van der Waals surface area contributed by atoms with Crippen molar-refractivity contribution in [1.82, 2.24) is 4.98 Å². The van der Waals surface area contributed by atoms with Crippen LogP contribution in [0.25, 0.3) is 11.3 Å². The van der Waals surface area contributed by atoms with Crippen LogP contribution < -0.4 is 0 Å². The van der Waals surface area contributed by atoms with E-state index in [2.05, 4.69) is 11.9 Å². The molecule has 1 saturated carbocycles. The van der Waals surface area contributed by atoms with Crippen LogP contribution in [-0.2, 0) is 23.5 Å². The first-order valence-corrected chi connectivity index (χ1v) is 17.5. The summed E-state index contributed by atoms with van der Waals surface area (Å²) in [6, 6.07) is 4.24. The second-order valence-electron chi connectivity index (χ2n) is 13.2. The lowest BCUT2D eigenvalue weighted by Gasteiger charge is -2.33. The standard InChI is InChI=1S/C37H52F5NO/c1-2-3-13-24-44-25-14-9-12-17-30-22-20-29-26-32(43-36(40)33(29)37(30,41)42)31-23-21-28(34(38)35(31)39)16-11-8-6-4-5-7-10-15-27-18-19-27/h21,23,26-27,30H,2-20,22,24-25H2,1H3. The smallest absolute Gasteiger partial charge is 0.280 e. The molecule has 7 heteroatoms. The fourth-order valence-corrected chi connectivity index (χ4v) is 6.64. The second-order valence-corrected chi connectivity index (χ2v) is 13.2. The van der Waals surface area contributed by atoms with Crippen LogP contribution in [0, 0.1) is 29.4 Å². The molecule has 0 radical (unpaired) electrons. The maximum atomic E-state index is 15.4. The number of pyridine rings is 1. The first-order chi connectivity index (χ1) is 21.3. The Labute approximate surface area is 261 Å². The van der Waals surface area contributed by atoms with Crippen LogP contribution in [-0.4, -0.2) is 18.2 Å². The lowest BCUT2D eigenvalue weighted by molar-refractivity contribution is -0.0825. The molecule has 4 rings (SSSR count). The molecule has 1 aromatic carbocycles. The van der Waals surface area contributed by atoms with Gasteiger partial charge in [0, 0.05) is 24.7 Å². The minimum absolute atomic E-state index is 0.130. The third-order valence-corrected chi connectivity index (χ3v) is 9.59. The van der Waals surface area contributed by atoms with E-state index >= 15 is 17.6 Å². The second kappa shape index (κ2) is 17.6. The van der Waals surface area contributed by atoms with E-state index in [9.17, 15) is 4.39 Å². The zero-order valence-electron chi connectivity index (χ0n) is 26.7. The number of unbranched alkanes of at least 4 members (excludes halogenated alkanes) is 10. The minimum atomic E-state index is -3.36. The number of nitrogens with zero attached hydrogens (tertiary/aromatic N) is 1. The summed E-state index contributed by atoms with van der Waals surface area (Å²) in [6.07, 6.45) is 18.8. The molecule has 1 aromatic heterocycles. The molecule has 2 aliphatic rings. The quantitative estimate of drug-likeness (QED) is 0.0786. The summed E-state index contributed by atoms with van der Waals surface area (Å²) in [5.41, 5.74) is -0.602. The average Bonchev–Trinajstić information content (AvgIpc) is 3.82. The highest BCUT2D eigenvalue weighted by atomic mass is 19.3. The molecule has 1 fully saturated rings. The van der Waals surface area contributed by atoms with E-state index in [1.165, 1.54) is 63.1 Å². The number of aromatic nitrogens is 1. The summed E-state index contributed by atoms with van der Waals surface area (Å²) in [7, 11) is 0. The zero-order valence-corrected chi connectivity index (χ0v) is 26.7. The highest BCUT2D eigenvalue weighted by Crippen LogP contribution is 2.48. The highest BCUT2D eigenvalue weighted by Gasteiger charge is 2.47. The molecule has 0 saturated heterocycles. The van der Waals surface area contributed by atoms with Crippen LogP contribution in [0.15, 0.2) is 18.2 Å².